The second kappa shape index (κ2) is 4.14. The van der Waals surface area contributed by atoms with Crippen LogP contribution in [0, 0.1) is 0 Å². The van der Waals surface area contributed by atoms with E-state index in [-0.39, 0.29) is 23.4 Å². The van der Waals surface area contributed by atoms with Crippen molar-refractivity contribution in [2.75, 3.05) is 0 Å². The highest BCUT2D eigenvalue weighted by atomic mass is 16.7. The van der Waals surface area contributed by atoms with Gasteiger partial charge in [-0.15, -0.1) is 6.58 Å². The van der Waals surface area contributed by atoms with E-state index in [0.29, 0.717) is 6.42 Å². The Morgan fingerprint density at radius 3 is 2.63 bits per heavy atom. The first-order valence-electron chi connectivity index (χ1n) is 7.07. The Balaban J connectivity index is 1.83. The van der Waals surface area contributed by atoms with Crippen LogP contribution in [0.15, 0.2) is 12.7 Å². The molecule has 3 aliphatic heterocycles. The second-order valence-corrected chi connectivity index (χ2v) is 6.52. The molecular weight excluding hydrogens is 244 g/mol. The zero-order chi connectivity index (χ0) is 13.7. The lowest BCUT2D eigenvalue weighted by Crippen LogP contribution is -2.54. The molecule has 5 atom stereocenters. The normalized spacial score (nSPS) is 53.2. The predicted octanol–water partition coefficient (Wildman–Crippen LogP) is 2.36. The summed E-state index contributed by atoms with van der Waals surface area (Å²) in [4.78, 5) is 11.1. The predicted molar refractivity (Wildman–Crippen MR) is 69.7 cm³/mol. The minimum absolute atomic E-state index is 0.111. The third-order valence-corrected chi connectivity index (χ3v) is 4.79. The fourth-order valence-corrected chi connectivity index (χ4v) is 3.61. The second-order valence-electron chi connectivity index (χ2n) is 6.52. The molecule has 3 aliphatic rings. The summed E-state index contributed by atoms with van der Waals surface area (Å²) >= 11 is 0. The molecule has 3 fully saturated rings. The van der Waals surface area contributed by atoms with E-state index in [4.69, 9.17) is 14.2 Å². The van der Waals surface area contributed by atoms with Crippen LogP contribution in [-0.2, 0) is 19.0 Å². The Kier molecular flexibility index (Phi) is 2.89. The Morgan fingerprint density at radius 1 is 1.21 bits per heavy atom. The van der Waals surface area contributed by atoms with Gasteiger partial charge < -0.3 is 19.0 Å². The number of fused-ring (bicyclic) bond motifs is 2. The molecule has 0 spiro atoms. The first-order chi connectivity index (χ1) is 8.93. The number of hydrogen-bond acceptors (Lipinski definition) is 4. The molecule has 0 radical (unpaired) electrons. The number of hydrogen-bond donors (Lipinski definition) is 0. The minimum Gasteiger partial charge on any atom is -0.362 e. The first kappa shape index (κ1) is 13.3. The van der Waals surface area contributed by atoms with E-state index < -0.39 is 5.79 Å². The van der Waals surface area contributed by atoms with Crippen LogP contribution in [-0.4, -0.2) is 35.5 Å². The molecule has 0 saturated carbocycles. The van der Waals surface area contributed by atoms with Crippen LogP contribution in [0.1, 0.15) is 46.0 Å². The van der Waals surface area contributed by atoms with E-state index in [0.717, 1.165) is 32.0 Å². The summed E-state index contributed by atoms with van der Waals surface area (Å²) in [6.45, 7) is 7.93. The summed E-state index contributed by atoms with van der Waals surface area (Å²) in [6, 6.07) is 0. The molecule has 0 aromatic carbocycles. The van der Waals surface area contributed by atoms with Crippen molar-refractivity contribution in [3.05, 3.63) is 12.7 Å². The third kappa shape index (κ3) is 2.06. The van der Waals surface area contributed by atoms with Gasteiger partial charge in [0, 0.05) is 12.8 Å². The Morgan fingerprint density at radius 2 is 2.00 bits per heavy atom. The van der Waals surface area contributed by atoms with E-state index in [1.165, 1.54) is 0 Å². The number of carbonyl (C=O) groups excluding carboxylic acids is 1. The molecule has 3 rings (SSSR count). The van der Waals surface area contributed by atoms with Crippen LogP contribution in [0.4, 0.5) is 0 Å². The van der Waals surface area contributed by atoms with Gasteiger partial charge in [0.2, 0.25) is 0 Å². The highest BCUT2D eigenvalue weighted by Gasteiger charge is 2.60. The molecule has 106 valence electrons. The topological polar surface area (TPSA) is 44.8 Å². The van der Waals surface area contributed by atoms with Crippen LogP contribution < -0.4 is 0 Å². The maximum atomic E-state index is 11.1. The standard InChI is InChI=1S/C15H22O4/c1-4-13(2)6-5-12(18-13)15-8-7-14(3,19-15)9-11(10-16)17-15/h4,10-12H,1,5-9H2,2-3H3/t11-,12-,13+,14+,15+/m1/s1. The van der Waals surface area contributed by atoms with Crippen LogP contribution in [0.25, 0.3) is 0 Å². The average Bonchev–Trinajstić information content (AvgIpc) is 2.90. The van der Waals surface area contributed by atoms with Crippen molar-refractivity contribution in [3.8, 4) is 0 Å². The van der Waals surface area contributed by atoms with Crippen LogP contribution in [0.5, 0.6) is 0 Å². The fraction of sp³-hybridized carbons (Fsp3) is 0.800. The van der Waals surface area contributed by atoms with Crippen molar-refractivity contribution in [1.82, 2.24) is 0 Å². The van der Waals surface area contributed by atoms with Gasteiger partial charge in [0.15, 0.2) is 5.79 Å². The lowest BCUT2D eigenvalue weighted by Gasteiger charge is -2.44. The van der Waals surface area contributed by atoms with E-state index in [2.05, 4.69) is 13.5 Å². The van der Waals surface area contributed by atoms with Crippen LogP contribution in [0.3, 0.4) is 0 Å². The van der Waals surface area contributed by atoms with Crippen molar-refractivity contribution in [3.63, 3.8) is 0 Å². The van der Waals surface area contributed by atoms with Gasteiger partial charge in [-0.05, 0) is 33.1 Å². The van der Waals surface area contributed by atoms with Gasteiger partial charge in [0.25, 0.3) is 0 Å². The molecule has 0 aliphatic carbocycles. The first-order valence-corrected chi connectivity index (χ1v) is 7.07. The Labute approximate surface area is 114 Å². The molecule has 0 aromatic heterocycles. The van der Waals surface area contributed by atoms with E-state index in [1.54, 1.807) is 0 Å². The SMILES string of the molecule is C=C[C@@]1(C)CC[C@H]([C@@]23CC[C@@](C)(C[C@H](C=O)O2)O3)O1. The summed E-state index contributed by atoms with van der Waals surface area (Å²) < 4.78 is 18.2. The maximum Gasteiger partial charge on any atom is 0.196 e. The van der Waals surface area contributed by atoms with Crippen molar-refractivity contribution >= 4 is 6.29 Å². The lowest BCUT2D eigenvalue weighted by atomic mass is 9.96. The van der Waals surface area contributed by atoms with Gasteiger partial charge in [-0.2, -0.15) is 0 Å². The Bertz CT molecular complexity index is 409. The zero-order valence-electron chi connectivity index (χ0n) is 11.7. The molecule has 2 bridgehead atoms. The quantitative estimate of drug-likeness (QED) is 0.581. The lowest BCUT2D eigenvalue weighted by molar-refractivity contribution is -0.339. The molecular formula is C15H22O4. The number of rotatable bonds is 3. The monoisotopic (exact) mass is 266 g/mol. The Hall–Kier alpha value is -0.710. The van der Waals surface area contributed by atoms with Crippen LogP contribution in [0.2, 0.25) is 0 Å². The largest absolute Gasteiger partial charge is 0.362 e. The van der Waals surface area contributed by atoms with Crippen molar-refractivity contribution in [2.45, 2.75) is 75.1 Å². The summed E-state index contributed by atoms with van der Waals surface area (Å²) in [7, 11) is 0. The summed E-state index contributed by atoms with van der Waals surface area (Å²) in [5.41, 5.74) is -0.556. The van der Waals surface area contributed by atoms with Gasteiger partial charge in [0.1, 0.15) is 18.5 Å². The number of ether oxygens (including phenoxy) is 3. The van der Waals surface area contributed by atoms with Gasteiger partial charge in [-0.3, -0.25) is 0 Å². The molecule has 19 heavy (non-hydrogen) atoms. The molecule has 3 heterocycles. The molecule has 4 nitrogen and oxygen atoms in total. The summed E-state index contributed by atoms with van der Waals surface area (Å²) in [6.07, 6.45) is 6.40. The smallest absolute Gasteiger partial charge is 0.196 e. The molecule has 0 aromatic rings. The van der Waals surface area contributed by atoms with Crippen molar-refractivity contribution < 1.29 is 19.0 Å². The van der Waals surface area contributed by atoms with Gasteiger partial charge in [-0.1, -0.05) is 6.08 Å². The minimum atomic E-state index is -0.737. The highest BCUT2D eigenvalue weighted by molar-refractivity contribution is 5.56. The van der Waals surface area contributed by atoms with Crippen molar-refractivity contribution in [1.29, 1.82) is 0 Å². The number of carbonyl (C=O) groups is 1. The van der Waals surface area contributed by atoms with Crippen LogP contribution >= 0.6 is 0 Å². The zero-order valence-corrected chi connectivity index (χ0v) is 11.7. The molecule has 4 heteroatoms. The number of aldehydes is 1. The summed E-state index contributed by atoms with van der Waals surface area (Å²) in [5.74, 6) is -0.737. The van der Waals surface area contributed by atoms with E-state index >= 15 is 0 Å². The molecule has 3 saturated heterocycles. The molecule has 0 unspecified atom stereocenters. The van der Waals surface area contributed by atoms with Gasteiger partial charge in [-0.25, -0.2) is 0 Å². The highest BCUT2D eigenvalue weighted by Crippen LogP contribution is 2.52. The van der Waals surface area contributed by atoms with Gasteiger partial charge in [0.05, 0.1) is 11.2 Å². The van der Waals surface area contributed by atoms with Crippen molar-refractivity contribution in [2.24, 2.45) is 0 Å². The molecule has 0 amide bonds. The summed E-state index contributed by atoms with van der Waals surface area (Å²) in [5, 5.41) is 0. The molecule has 0 N–H and O–H groups in total. The maximum absolute atomic E-state index is 11.1. The van der Waals surface area contributed by atoms with E-state index in [9.17, 15) is 4.79 Å². The van der Waals surface area contributed by atoms with Gasteiger partial charge >= 0.3 is 0 Å². The fourth-order valence-electron chi connectivity index (χ4n) is 3.61. The third-order valence-electron chi connectivity index (χ3n) is 4.79. The van der Waals surface area contributed by atoms with E-state index in [1.807, 2.05) is 13.0 Å². The average molecular weight is 266 g/mol.